The highest BCUT2D eigenvalue weighted by Gasteiger charge is 2.14. The van der Waals surface area contributed by atoms with Crippen molar-refractivity contribution in [1.82, 2.24) is 14.8 Å². The van der Waals surface area contributed by atoms with Gasteiger partial charge in [0.2, 0.25) is 0 Å². The average molecular weight is 349 g/mol. The third-order valence-corrected chi connectivity index (χ3v) is 3.84. The first-order chi connectivity index (χ1) is 12.3. The predicted octanol–water partition coefficient (Wildman–Crippen LogP) is 2.54. The van der Waals surface area contributed by atoms with Crippen LogP contribution in [0.2, 0.25) is 0 Å². The second-order valence-electron chi connectivity index (χ2n) is 6.18. The lowest BCUT2D eigenvalue weighted by Gasteiger charge is -2.07. The lowest BCUT2D eigenvalue weighted by Crippen LogP contribution is -2.15. The van der Waals surface area contributed by atoms with Crippen molar-refractivity contribution in [2.24, 2.45) is 5.73 Å². The van der Waals surface area contributed by atoms with Gasteiger partial charge in [0, 0.05) is 5.69 Å². The molecular formula is C19H19N5O2. The number of carbonyl (C=O) groups excluding carboxylic acids is 2. The lowest BCUT2D eigenvalue weighted by atomic mass is 10.1. The molecule has 0 spiro atoms. The molecular weight excluding hydrogens is 330 g/mol. The molecule has 3 aromatic rings. The molecule has 0 aliphatic carbocycles. The fraction of sp³-hybridized carbons (Fsp3) is 0.158. The number of nitrogens with one attached hydrogen (secondary N) is 1. The van der Waals surface area contributed by atoms with Crippen LogP contribution in [0.5, 0.6) is 0 Å². The standard InChI is InChI=1S/C19H19N5O2/c1-11-6-12(2)8-15(7-11)24-13(3)9-17(23-24)19(26)22-14-4-5-16(18(20)25)21-10-14/h4-10H,1-3H3,(H2,20,25)(H,22,26). The molecule has 7 nitrogen and oxygen atoms in total. The molecule has 0 unspecified atom stereocenters. The van der Waals surface area contributed by atoms with E-state index >= 15 is 0 Å². The van der Waals surface area contributed by atoms with Gasteiger partial charge in [0.25, 0.3) is 11.8 Å². The normalized spacial score (nSPS) is 10.6. The number of benzene rings is 1. The molecule has 2 amide bonds. The van der Waals surface area contributed by atoms with Gasteiger partial charge in [-0.3, -0.25) is 9.59 Å². The molecule has 2 aromatic heterocycles. The van der Waals surface area contributed by atoms with E-state index in [1.54, 1.807) is 16.8 Å². The number of aryl methyl sites for hydroxylation is 3. The quantitative estimate of drug-likeness (QED) is 0.755. The van der Waals surface area contributed by atoms with Crippen molar-refractivity contribution in [3.63, 3.8) is 0 Å². The smallest absolute Gasteiger partial charge is 0.276 e. The molecule has 132 valence electrons. The number of hydrogen-bond donors (Lipinski definition) is 2. The van der Waals surface area contributed by atoms with Gasteiger partial charge in [-0.1, -0.05) is 6.07 Å². The Bertz CT molecular complexity index is 969. The number of rotatable bonds is 4. The number of aromatic nitrogens is 3. The van der Waals surface area contributed by atoms with E-state index in [-0.39, 0.29) is 11.6 Å². The maximum Gasteiger partial charge on any atom is 0.276 e. The molecule has 0 fully saturated rings. The molecule has 7 heteroatoms. The SMILES string of the molecule is Cc1cc(C)cc(-n2nc(C(=O)Nc3ccc(C(N)=O)nc3)cc2C)c1. The largest absolute Gasteiger partial charge is 0.364 e. The molecule has 3 N–H and O–H groups in total. The van der Waals surface area contributed by atoms with Crippen LogP contribution in [-0.2, 0) is 0 Å². The monoisotopic (exact) mass is 349 g/mol. The van der Waals surface area contributed by atoms with Gasteiger partial charge >= 0.3 is 0 Å². The summed E-state index contributed by atoms with van der Waals surface area (Å²) in [6.45, 7) is 5.93. The van der Waals surface area contributed by atoms with Crippen molar-refractivity contribution in [3.05, 3.63) is 70.8 Å². The van der Waals surface area contributed by atoms with Crippen LogP contribution in [0.1, 0.15) is 37.8 Å². The van der Waals surface area contributed by atoms with Gasteiger partial charge in [0.15, 0.2) is 5.69 Å². The van der Waals surface area contributed by atoms with Crippen molar-refractivity contribution >= 4 is 17.5 Å². The number of hydrogen-bond acceptors (Lipinski definition) is 4. The van der Waals surface area contributed by atoms with Gasteiger partial charge in [-0.25, -0.2) is 9.67 Å². The van der Waals surface area contributed by atoms with Gasteiger partial charge in [-0.2, -0.15) is 5.10 Å². The van der Waals surface area contributed by atoms with Gasteiger partial charge < -0.3 is 11.1 Å². The second-order valence-corrected chi connectivity index (χ2v) is 6.18. The minimum absolute atomic E-state index is 0.137. The fourth-order valence-electron chi connectivity index (χ4n) is 2.73. The third-order valence-electron chi connectivity index (χ3n) is 3.84. The summed E-state index contributed by atoms with van der Waals surface area (Å²) in [6, 6.07) is 10.9. The number of carbonyl (C=O) groups is 2. The predicted molar refractivity (Wildman–Crippen MR) is 98.5 cm³/mol. The molecule has 0 atom stereocenters. The Kier molecular flexibility index (Phi) is 4.53. The Morgan fingerprint density at radius 3 is 2.27 bits per heavy atom. The summed E-state index contributed by atoms with van der Waals surface area (Å²) in [7, 11) is 0. The van der Waals surface area contributed by atoms with Gasteiger partial charge in [0.1, 0.15) is 5.69 Å². The van der Waals surface area contributed by atoms with Gasteiger partial charge in [-0.05, 0) is 62.2 Å². The molecule has 0 radical (unpaired) electrons. The highest BCUT2D eigenvalue weighted by Crippen LogP contribution is 2.17. The number of primary amides is 1. The van der Waals surface area contributed by atoms with Crippen LogP contribution in [0, 0.1) is 20.8 Å². The van der Waals surface area contributed by atoms with Crippen molar-refractivity contribution in [1.29, 1.82) is 0 Å². The van der Waals surface area contributed by atoms with Crippen molar-refractivity contribution in [3.8, 4) is 5.69 Å². The Morgan fingerprint density at radius 2 is 1.69 bits per heavy atom. The molecule has 26 heavy (non-hydrogen) atoms. The van der Waals surface area contributed by atoms with Crippen LogP contribution in [0.25, 0.3) is 5.69 Å². The first kappa shape index (κ1) is 17.3. The summed E-state index contributed by atoms with van der Waals surface area (Å²) in [5, 5.41) is 7.12. The number of nitrogens with zero attached hydrogens (tertiary/aromatic N) is 3. The second kappa shape index (κ2) is 6.79. The Labute approximate surface area is 150 Å². The highest BCUT2D eigenvalue weighted by atomic mass is 16.2. The van der Waals surface area contributed by atoms with E-state index in [1.165, 1.54) is 12.3 Å². The van der Waals surface area contributed by atoms with Crippen LogP contribution in [0.4, 0.5) is 5.69 Å². The van der Waals surface area contributed by atoms with Gasteiger partial charge in [-0.15, -0.1) is 0 Å². The van der Waals surface area contributed by atoms with E-state index in [9.17, 15) is 9.59 Å². The Morgan fingerprint density at radius 1 is 1.00 bits per heavy atom. The summed E-state index contributed by atoms with van der Waals surface area (Å²) in [5.41, 5.74) is 10.0. The summed E-state index contributed by atoms with van der Waals surface area (Å²) >= 11 is 0. The lowest BCUT2D eigenvalue weighted by molar-refractivity contribution is 0.0994. The van der Waals surface area contributed by atoms with Crippen LogP contribution >= 0.6 is 0 Å². The maximum atomic E-state index is 12.5. The van der Waals surface area contributed by atoms with E-state index in [1.807, 2.05) is 32.9 Å². The van der Waals surface area contributed by atoms with Crippen molar-refractivity contribution in [2.45, 2.75) is 20.8 Å². The first-order valence-electron chi connectivity index (χ1n) is 8.06. The number of pyridine rings is 1. The molecule has 0 bridgehead atoms. The topological polar surface area (TPSA) is 103 Å². The Balaban J connectivity index is 1.83. The molecule has 0 aliphatic heterocycles. The number of anilines is 1. The fourth-order valence-corrected chi connectivity index (χ4v) is 2.73. The van der Waals surface area contributed by atoms with Crippen LogP contribution < -0.4 is 11.1 Å². The average Bonchev–Trinajstić information content (AvgIpc) is 2.96. The minimum atomic E-state index is -0.620. The van der Waals surface area contributed by atoms with Crippen molar-refractivity contribution < 1.29 is 9.59 Å². The Hall–Kier alpha value is -3.48. The van der Waals surface area contributed by atoms with Crippen LogP contribution in [0.3, 0.4) is 0 Å². The van der Waals surface area contributed by atoms with Crippen LogP contribution in [0.15, 0.2) is 42.6 Å². The van der Waals surface area contributed by atoms with E-state index in [4.69, 9.17) is 5.73 Å². The highest BCUT2D eigenvalue weighted by molar-refractivity contribution is 6.03. The first-order valence-corrected chi connectivity index (χ1v) is 8.06. The molecule has 0 aliphatic rings. The molecule has 2 heterocycles. The molecule has 1 aromatic carbocycles. The number of nitrogens with two attached hydrogens (primary N) is 1. The molecule has 0 saturated heterocycles. The zero-order chi connectivity index (χ0) is 18.8. The van der Waals surface area contributed by atoms with E-state index < -0.39 is 5.91 Å². The maximum absolute atomic E-state index is 12.5. The third kappa shape index (κ3) is 3.61. The van der Waals surface area contributed by atoms with E-state index in [0.717, 1.165) is 22.5 Å². The van der Waals surface area contributed by atoms with Crippen molar-refractivity contribution in [2.75, 3.05) is 5.32 Å². The minimum Gasteiger partial charge on any atom is -0.364 e. The van der Waals surface area contributed by atoms with Crippen LogP contribution in [-0.4, -0.2) is 26.6 Å². The van der Waals surface area contributed by atoms with Gasteiger partial charge in [0.05, 0.1) is 17.6 Å². The zero-order valence-corrected chi connectivity index (χ0v) is 14.8. The summed E-state index contributed by atoms with van der Waals surface area (Å²) in [6.07, 6.45) is 1.38. The zero-order valence-electron chi connectivity index (χ0n) is 14.8. The van der Waals surface area contributed by atoms with E-state index in [2.05, 4.69) is 21.5 Å². The number of amides is 2. The molecule has 3 rings (SSSR count). The summed E-state index contributed by atoms with van der Waals surface area (Å²) in [4.78, 5) is 27.4. The molecule has 0 saturated carbocycles. The summed E-state index contributed by atoms with van der Waals surface area (Å²) in [5.74, 6) is -0.976. The summed E-state index contributed by atoms with van der Waals surface area (Å²) < 4.78 is 1.74. The van der Waals surface area contributed by atoms with E-state index in [0.29, 0.717) is 11.4 Å².